The van der Waals surface area contributed by atoms with Gasteiger partial charge in [-0.25, -0.2) is 0 Å². The zero-order valence-electron chi connectivity index (χ0n) is 16.3. The molecule has 0 aromatic carbocycles. The van der Waals surface area contributed by atoms with Crippen molar-refractivity contribution in [3.05, 3.63) is 78.9 Å². The molecule has 0 saturated carbocycles. The molecule has 0 heterocycles. The largest absolute Gasteiger partial charge is 3.00 e. The Hall–Kier alpha value is -0.471. The van der Waals surface area contributed by atoms with E-state index < -0.39 is 0 Å². The topological polar surface area (TPSA) is 285 Å². The molecule has 0 N–H and O–H groups in total. The van der Waals surface area contributed by atoms with Crippen LogP contribution in [-0.2, 0) is 174 Å². The second-order valence-electron chi connectivity index (χ2n) is 0. The molecule has 0 saturated heterocycles. The van der Waals surface area contributed by atoms with Crippen molar-refractivity contribution in [1.29, 1.82) is 63.1 Å². The maximum Gasteiger partial charge on any atom is 3.00 e. The molecule has 0 fully saturated rings. The van der Waals surface area contributed by atoms with Crippen molar-refractivity contribution in [2.24, 2.45) is 0 Å². The SMILES string of the molecule is [C-]#N.[C-]#N.[C-]#N.[C-]#N.[C-]#N.[C-]#N.[C-]#N.[C-]#N.[C-]#N.[C-]#N.[C-]#N.[C-]#N.[Cd+2].[Cd+2].[Cd+2].[Co+3].[Co+3].[Zn].[Zn].[Zn]. The zero-order valence-corrected chi connectivity index (χ0v) is 39.4. The molecule has 0 bridgehead atoms. The number of rotatable bonds is 0. The number of hydrogen-bond donors (Lipinski definition) is 0. The maximum absolute atomic E-state index is 6.25. The molecule has 0 rings (SSSR count). The summed E-state index contributed by atoms with van der Waals surface area (Å²) in [5, 5.41) is 75.0. The van der Waals surface area contributed by atoms with E-state index in [-0.39, 0.29) is 174 Å². The van der Waals surface area contributed by atoms with Gasteiger partial charge in [-0.05, 0) is 0 Å². The maximum atomic E-state index is 6.25. The fourth-order valence-electron chi connectivity index (χ4n) is 0. The third-order valence-electron chi connectivity index (χ3n) is 0. The molecule has 0 aromatic heterocycles. The molecule has 0 unspecified atom stereocenters. The Labute approximate surface area is 311 Å². The second kappa shape index (κ2) is 120000. The predicted octanol–water partition coefficient (Wildman–Crippen LogP) is 1.14. The zero-order chi connectivity index (χ0) is 24.0. The first kappa shape index (κ1) is 221. The molecular formula is C12Cd3Co2N12Zn3. The second-order valence-corrected chi connectivity index (χ2v) is 0. The van der Waals surface area contributed by atoms with Crippen LogP contribution in [0.2, 0.25) is 0 Å². The average molecular weight is 963 g/mol. The first-order valence-electron chi connectivity index (χ1n) is 2.68. The summed E-state index contributed by atoms with van der Waals surface area (Å²) in [4.78, 5) is 0. The van der Waals surface area contributed by atoms with E-state index in [0.717, 1.165) is 0 Å². The number of nitrogens with zero attached hydrogens (tertiary/aromatic N) is 12. The summed E-state index contributed by atoms with van der Waals surface area (Å²) in [6.45, 7) is 57.0. The van der Waals surface area contributed by atoms with Crippen LogP contribution in [0.15, 0.2) is 0 Å². The Balaban J connectivity index is -0.00000000267. The molecule has 32 heavy (non-hydrogen) atoms. The average Bonchev–Trinajstić information content (AvgIpc) is 2.84. The normalized spacial score (nSPS) is 0.750. The fourth-order valence-corrected chi connectivity index (χ4v) is 0. The minimum atomic E-state index is 0. The van der Waals surface area contributed by atoms with Gasteiger partial charge in [0.25, 0.3) is 0 Å². The minimum Gasteiger partial charge on any atom is -0.512 e. The van der Waals surface area contributed by atoms with Gasteiger partial charge in [0.1, 0.15) is 0 Å². The summed E-state index contributed by atoms with van der Waals surface area (Å²) < 4.78 is 0. The quantitative estimate of drug-likeness (QED) is 0.244. The Bertz CT molecular complexity index is 249. The Morgan fingerprint density at radius 1 is 0.188 bits per heavy atom. The first-order chi connectivity index (χ1) is 12.0. The molecule has 0 aliphatic carbocycles. The molecule has 0 aliphatic rings. The van der Waals surface area contributed by atoms with Crippen molar-refractivity contribution in [2.45, 2.75) is 0 Å². The van der Waals surface area contributed by atoms with E-state index in [4.69, 9.17) is 142 Å². The monoisotopic (exact) mass is 963 g/mol. The van der Waals surface area contributed by atoms with E-state index in [9.17, 15) is 0 Å². The van der Waals surface area contributed by atoms with Crippen LogP contribution < -0.4 is 0 Å². The summed E-state index contributed by atoms with van der Waals surface area (Å²) >= 11 is 0. The van der Waals surface area contributed by atoms with Crippen molar-refractivity contribution < 1.29 is 174 Å². The van der Waals surface area contributed by atoms with Gasteiger partial charge in [0, 0.05) is 58.4 Å². The van der Waals surface area contributed by atoms with Crippen molar-refractivity contribution in [1.82, 2.24) is 0 Å². The Morgan fingerprint density at radius 2 is 0.188 bits per heavy atom. The van der Waals surface area contributed by atoms with Gasteiger partial charge in [-0.3, -0.25) is 0 Å². The van der Waals surface area contributed by atoms with Gasteiger partial charge >= 0.3 is 115 Å². The van der Waals surface area contributed by atoms with Crippen LogP contribution in [0, 0.1) is 142 Å². The van der Waals surface area contributed by atoms with Crippen molar-refractivity contribution in [3.8, 4) is 0 Å². The van der Waals surface area contributed by atoms with E-state index in [1.807, 2.05) is 0 Å². The number of hydrogen-bond acceptors (Lipinski definition) is 12. The van der Waals surface area contributed by atoms with Gasteiger partial charge in [-0.15, -0.1) is 0 Å². The summed E-state index contributed by atoms with van der Waals surface area (Å²) in [5.41, 5.74) is 0. The molecule has 0 spiro atoms. The van der Waals surface area contributed by atoms with E-state index in [2.05, 4.69) is 0 Å². The van der Waals surface area contributed by atoms with Crippen LogP contribution in [-0.4, -0.2) is 0 Å². The third kappa shape index (κ3) is 109000. The molecule has 138 valence electrons. The van der Waals surface area contributed by atoms with Crippen LogP contribution >= 0.6 is 0 Å². The van der Waals surface area contributed by atoms with E-state index >= 15 is 0 Å². The van der Waals surface area contributed by atoms with E-state index in [1.54, 1.807) is 0 Å². The fraction of sp³-hybridized carbons (Fsp3) is 0. The summed E-state index contributed by atoms with van der Waals surface area (Å²) in [5.74, 6) is 0. The van der Waals surface area contributed by atoms with Crippen LogP contribution in [0.3, 0.4) is 0 Å². The van der Waals surface area contributed by atoms with Crippen LogP contribution in [0.25, 0.3) is 0 Å². The molecule has 0 aromatic rings. The van der Waals surface area contributed by atoms with Gasteiger partial charge in [0.05, 0.1) is 0 Å². The Kier molecular flexibility index (Phi) is 830000. The van der Waals surface area contributed by atoms with Crippen molar-refractivity contribution >= 4 is 0 Å². The van der Waals surface area contributed by atoms with Crippen LogP contribution in [0.4, 0.5) is 0 Å². The Morgan fingerprint density at radius 3 is 0.188 bits per heavy atom. The minimum absolute atomic E-state index is 0. The van der Waals surface area contributed by atoms with Gasteiger partial charge in [0.2, 0.25) is 0 Å². The van der Waals surface area contributed by atoms with Crippen molar-refractivity contribution in [2.75, 3.05) is 0 Å². The summed E-state index contributed by atoms with van der Waals surface area (Å²) in [6.07, 6.45) is 0. The molecule has 0 amide bonds. The predicted molar refractivity (Wildman–Crippen MR) is 59.6 cm³/mol. The van der Waals surface area contributed by atoms with E-state index in [1.165, 1.54) is 0 Å². The molecule has 0 atom stereocenters. The van der Waals surface area contributed by atoms with E-state index in [0.29, 0.717) is 0 Å². The van der Waals surface area contributed by atoms with Gasteiger partial charge in [0.15, 0.2) is 0 Å². The summed E-state index contributed by atoms with van der Waals surface area (Å²) in [6, 6.07) is 0. The van der Waals surface area contributed by atoms with Crippen LogP contribution in [0.1, 0.15) is 0 Å². The molecule has 0 aliphatic heterocycles. The molecule has 20 heteroatoms. The first-order valence-corrected chi connectivity index (χ1v) is 2.68. The smallest absolute Gasteiger partial charge is 0.512 e. The van der Waals surface area contributed by atoms with Gasteiger partial charge < -0.3 is 142 Å². The molecular weight excluding hydrogens is 963 g/mol. The molecule has 12 nitrogen and oxygen atoms in total. The standard InChI is InChI=1S/12CN.3Cd.2Co.3Zn/c12*1-2;;;;;;;;/q12*-1;3*+2;2*+3;;;. The van der Waals surface area contributed by atoms with Gasteiger partial charge in [-0.1, -0.05) is 0 Å². The third-order valence-corrected chi connectivity index (χ3v) is 0. The molecule has 0 radical (unpaired) electrons. The van der Waals surface area contributed by atoms with Gasteiger partial charge in [-0.2, -0.15) is 0 Å². The van der Waals surface area contributed by atoms with Crippen LogP contribution in [0.5, 0.6) is 0 Å². The van der Waals surface area contributed by atoms with Crippen molar-refractivity contribution in [3.63, 3.8) is 0 Å². The summed E-state index contributed by atoms with van der Waals surface area (Å²) in [7, 11) is 0.